The van der Waals surface area contributed by atoms with Gasteiger partial charge >= 0.3 is 0 Å². The molecule has 1 amide bonds. The van der Waals surface area contributed by atoms with Gasteiger partial charge in [-0.2, -0.15) is 0 Å². The highest BCUT2D eigenvalue weighted by Crippen LogP contribution is 2.23. The monoisotopic (exact) mass is 323 g/mol. The Morgan fingerprint density at radius 1 is 1.43 bits per heavy atom. The Balaban J connectivity index is 1.87. The summed E-state index contributed by atoms with van der Waals surface area (Å²) < 4.78 is 6.07. The average Bonchev–Trinajstić information content (AvgIpc) is 2.93. The van der Waals surface area contributed by atoms with Crippen LogP contribution in [0.3, 0.4) is 0 Å². The fourth-order valence-corrected chi connectivity index (χ4v) is 3.06. The lowest BCUT2D eigenvalue weighted by Gasteiger charge is -2.07. The molecule has 0 spiro atoms. The SMILES string of the molecule is COc1ccc(CCC(=O)Nc2nnc(SC)s2)cc1C. The second kappa shape index (κ2) is 7.42. The molecule has 7 heteroatoms. The van der Waals surface area contributed by atoms with Crippen LogP contribution >= 0.6 is 23.1 Å². The lowest BCUT2D eigenvalue weighted by molar-refractivity contribution is -0.116. The van der Waals surface area contributed by atoms with E-state index in [1.54, 1.807) is 7.11 Å². The van der Waals surface area contributed by atoms with E-state index in [1.807, 2.05) is 31.4 Å². The molecular formula is C14H17N3O2S2. The molecule has 1 N–H and O–H groups in total. The number of anilines is 1. The van der Waals surface area contributed by atoms with E-state index in [-0.39, 0.29) is 5.91 Å². The quantitative estimate of drug-likeness (QED) is 0.653. The van der Waals surface area contributed by atoms with Gasteiger partial charge in [0, 0.05) is 6.42 Å². The van der Waals surface area contributed by atoms with Crippen LogP contribution in [-0.4, -0.2) is 29.5 Å². The van der Waals surface area contributed by atoms with E-state index in [9.17, 15) is 4.79 Å². The van der Waals surface area contributed by atoms with Crippen molar-refractivity contribution in [3.8, 4) is 5.75 Å². The molecule has 1 aromatic carbocycles. The Morgan fingerprint density at radius 3 is 2.86 bits per heavy atom. The van der Waals surface area contributed by atoms with Gasteiger partial charge in [0.1, 0.15) is 5.75 Å². The molecule has 21 heavy (non-hydrogen) atoms. The number of nitrogens with one attached hydrogen (secondary N) is 1. The van der Waals surface area contributed by atoms with Crippen molar-refractivity contribution in [2.75, 3.05) is 18.7 Å². The summed E-state index contributed by atoms with van der Waals surface area (Å²) in [6.45, 7) is 1.99. The summed E-state index contributed by atoms with van der Waals surface area (Å²) in [5.41, 5.74) is 2.19. The normalized spacial score (nSPS) is 10.4. The molecule has 2 aromatic rings. The standard InChI is InChI=1S/C14H17N3O2S2/c1-9-8-10(4-6-11(9)19-2)5-7-12(18)15-13-16-17-14(20-3)21-13/h4,6,8H,5,7H2,1-3H3,(H,15,16,18). The van der Waals surface area contributed by atoms with Crippen molar-refractivity contribution in [3.63, 3.8) is 0 Å². The van der Waals surface area contributed by atoms with Gasteiger partial charge < -0.3 is 10.1 Å². The van der Waals surface area contributed by atoms with E-state index in [0.717, 1.165) is 21.2 Å². The minimum absolute atomic E-state index is 0.0488. The van der Waals surface area contributed by atoms with Gasteiger partial charge in [-0.05, 0) is 36.8 Å². The van der Waals surface area contributed by atoms with Crippen LogP contribution < -0.4 is 10.1 Å². The van der Waals surface area contributed by atoms with Crippen molar-refractivity contribution in [1.82, 2.24) is 10.2 Å². The van der Waals surface area contributed by atoms with E-state index in [4.69, 9.17) is 4.74 Å². The second-order valence-electron chi connectivity index (χ2n) is 4.43. The van der Waals surface area contributed by atoms with Crippen molar-refractivity contribution >= 4 is 34.1 Å². The molecule has 0 saturated carbocycles. The highest BCUT2D eigenvalue weighted by Gasteiger charge is 2.08. The molecule has 0 aliphatic carbocycles. The predicted octanol–water partition coefficient (Wildman–Crippen LogP) is 3.15. The average molecular weight is 323 g/mol. The smallest absolute Gasteiger partial charge is 0.226 e. The highest BCUT2D eigenvalue weighted by atomic mass is 32.2. The number of methoxy groups -OCH3 is 1. The van der Waals surface area contributed by atoms with Crippen molar-refractivity contribution in [2.45, 2.75) is 24.1 Å². The van der Waals surface area contributed by atoms with Gasteiger partial charge in [0.15, 0.2) is 4.34 Å². The van der Waals surface area contributed by atoms with E-state index >= 15 is 0 Å². The van der Waals surface area contributed by atoms with Crippen LogP contribution in [0, 0.1) is 6.92 Å². The molecule has 0 saturated heterocycles. The van der Waals surface area contributed by atoms with Gasteiger partial charge in [-0.25, -0.2) is 0 Å². The number of carbonyl (C=O) groups excluding carboxylic acids is 1. The molecule has 5 nitrogen and oxygen atoms in total. The maximum Gasteiger partial charge on any atom is 0.226 e. The number of nitrogens with zero attached hydrogens (tertiary/aromatic N) is 2. The molecular weight excluding hydrogens is 306 g/mol. The maximum absolute atomic E-state index is 11.9. The van der Waals surface area contributed by atoms with Crippen molar-refractivity contribution < 1.29 is 9.53 Å². The molecule has 0 aliphatic heterocycles. The number of benzene rings is 1. The van der Waals surface area contributed by atoms with Crippen LogP contribution in [0.15, 0.2) is 22.5 Å². The van der Waals surface area contributed by atoms with E-state index < -0.39 is 0 Å². The Hall–Kier alpha value is -1.60. The van der Waals surface area contributed by atoms with Crippen LogP contribution in [0.25, 0.3) is 0 Å². The van der Waals surface area contributed by atoms with Gasteiger partial charge in [-0.3, -0.25) is 4.79 Å². The molecule has 0 radical (unpaired) electrons. The van der Waals surface area contributed by atoms with Crippen molar-refractivity contribution in [1.29, 1.82) is 0 Å². The summed E-state index contributed by atoms with van der Waals surface area (Å²) in [5, 5.41) is 11.2. The fraction of sp³-hybridized carbons (Fsp3) is 0.357. The summed E-state index contributed by atoms with van der Waals surface area (Å²) in [6, 6.07) is 5.96. The zero-order valence-corrected chi connectivity index (χ0v) is 13.8. The number of carbonyl (C=O) groups is 1. The lowest BCUT2D eigenvalue weighted by Crippen LogP contribution is -2.12. The fourth-order valence-electron chi connectivity index (χ4n) is 1.88. The maximum atomic E-state index is 11.9. The van der Waals surface area contributed by atoms with Crippen LogP contribution in [0.4, 0.5) is 5.13 Å². The summed E-state index contributed by atoms with van der Waals surface area (Å²) in [4.78, 5) is 11.9. The first-order chi connectivity index (χ1) is 10.1. The molecule has 1 heterocycles. The van der Waals surface area contributed by atoms with Crippen molar-refractivity contribution in [3.05, 3.63) is 29.3 Å². The molecule has 0 fully saturated rings. The Morgan fingerprint density at radius 2 is 2.24 bits per heavy atom. The molecule has 1 aromatic heterocycles. The zero-order chi connectivity index (χ0) is 15.2. The number of ether oxygens (including phenoxy) is 1. The second-order valence-corrected chi connectivity index (χ2v) is 6.46. The summed E-state index contributed by atoms with van der Waals surface area (Å²) in [7, 11) is 1.65. The van der Waals surface area contributed by atoms with E-state index in [0.29, 0.717) is 18.0 Å². The minimum Gasteiger partial charge on any atom is -0.496 e. The first-order valence-electron chi connectivity index (χ1n) is 6.43. The minimum atomic E-state index is -0.0488. The number of aryl methyl sites for hydroxylation is 2. The number of thioether (sulfide) groups is 1. The van der Waals surface area contributed by atoms with Gasteiger partial charge in [-0.15, -0.1) is 10.2 Å². The number of hydrogen-bond acceptors (Lipinski definition) is 6. The summed E-state index contributed by atoms with van der Waals surface area (Å²) in [6.07, 6.45) is 3.03. The van der Waals surface area contributed by atoms with Gasteiger partial charge in [0.05, 0.1) is 7.11 Å². The number of rotatable bonds is 6. The van der Waals surface area contributed by atoms with Gasteiger partial charge in [-0.1, -0.05) is 35.2 Å². The first-order valence-corrected chi connectivity index (χ1v) is 8.47. The number of amides is 1. The van der Waals surface area contributed by atoms with Crippen LogP contribution in [0.1, 0.15) is 17.5 Å². The Labute approximate surface area is 132 Å². The van der Waals surface area contributed by atoms with Gasteiger partial charge in [0.2, 0.25) is 11.0 Å². The third-order valence-corrected chi connectivity index (χ3v) is 4.74. The number of hydrogen-bond donors (Lipinski definition) is 1. The molecule has 2 rings (SSSR count). The summed E-state index contributed by atoms with van der Waals surface area (Å²) >= 11 is 2.90. The molecule has 0 unspecified atom stereocenters. The van der Waals surface area contributed by atoms with Crippen LogP contribution in [0.5, 0.6) is 5.75 Å². The predicted molar refractivity (Wildman–Crippen MR) is 86.4 cm³/mol. The van der Waals surface area contributed by atoms with E-state index in [2.05, 4.69) is 15.5 Å². The lowest BCUT2D eigenvalue weighted by atomic mass is 10.1. The molecule has 0 atom stereocenters. The van der Waals surface area contributed by atoms with Crippen LogP contribution in [0.2, 0.25) is 0 Å². The zero-order valence-electron chi connectivity index (χ0n) is 12.2. The third kappa shape index (κ3) is 4.44. The van der Waals surface area contributed by atoms with E-state index in [1.165, 1.54) is 23.1 Å². The Bertz CT molecular complexity index is 628. The largest absolute Gasteiger partial charge is 0.496 e. The topological polar surface area (TPSA) is 64.1 Å². The molecule has 112 valence electrons. The Kier molecular flexibility index (Phi) is 5.58. The molecule has 0 bridgehead atoms. The van der Waals surface area contributed by atoms with Gasteiger partial charge in [0.25, 0.3) is 0 Å². The van der Waals surface area contributed by atoms with Crippen LogP contribution in [-0.2, 0) is 11.2 Å². The number of aromatic nitrogens is 2. The summed E-state index contributed by atoms with van der Waals surface area (Å²) in [5.74, 6) is 0.814. The highest BCUT2D eigenvalue weighted by molar-refractivity contribution is 8.00. The third-order valence-electron chi connectivity index (χ3n) is 2.93. The first kappa shape index (κ1) is 15.8. The van der Waals surface area contributed by atoms with Crippen molar-refractivity contribution in [2.24, 2.45) is 0 Å². The molecule has 0 aliphatic rings.